The van der Waals surface area contributed by atoms with Crippen LogP contribution in [-0.2, 0) is 27.2 Å². The van der Waals surface area contributed by atoms with E-state index >= 15 is 0 Å². The first-order chi connectivity index (χ1) is 11.3. The first-order valence-electron chi connectivity index (χ1n) is 6.90. The van der Waals surface area contributed by atoms with Crippen LogP contribution in [0.5, 0.6) is 0 Å². The number of carbonyl (C=O) groups excluding carboxylic acids is 1. The first kappa shape index (κ1) is 19.5. The van der Waals surface area contributed by atoms with Crippen LogP contribution in [0.2, 0.25) is 0 Å². The number of nitrogens with one attached hydrogen (secondary N) is 2. The molecule has 0 spiro atoms. The number of carbonyl (C=O) groups is 1. The molecule has 1 saturated heterocycles. The Morgan fingerprint density at radius 2 is 1.56 bits per heavy atom. The lowest BCUT2D eigenvalue weighted by Gasteiger charge is -2.16. The van der Waals surface area contributed by atoms with Gasteiger partial charge in [0.25, 0.3) is 15.9 Å². The molecule has 1 fully saturated rings. The van der Waals surface area contributed by atoms with Crippen molar-refractivity contribution in [3.8, 4) is 0 Å². The van der Waals surface area contributed by atoms with E-state index in [2.05, 4.69) is 5.32 Å². The normalized spacial score (nSPS) is 19.0. The quantitative estimate of drug-likeness (QED) is 0.777. The van der Waals surface area contributed by atoms with Crippen LogP contribution in [0.25, 0.3) is 0 Å². The Bertz CT molecular complexity index is 735. The van der Waals surface area contributed by atoms with E-state index in [-0.39, 0.29) is 18.2 Å². The maximum absolute atomic E-state index is 12.8. The van der Waals surface area contributed by atoms with Crippen LogP contribution in [-0.4, -0.2) is 26.9 Å². The number of amides is 1. The van der Waals surface area contributed by atoms with E-state index in [1.807, 2.05) is 0 Å². The summed E-state index contributed by atoms with van der Waals surface area (Å²) in [6.45, 7) is 0.444. The van der Waals surface area contributed by atoms with Gasteiger partial charge in [0.2, 0.25) is 0 Å². The third-order valence-corrected chi connectivity index (χ3v) is 4.81. The zero-order chi connectivity index (χ0) is 19.0. The molecule has 140 valence electrons. The Morgan fingerprint density at radius 1 is 1.04 bits per heavy atom. The highest BCUT2D eigenvalue weighted by molar-refractivity contribution is 7.90. The summed E-state index contributed by atoms with van der Waals surface area (Å²) in [4.78, 5) is 10.5. The largest absolute Gasteiger partial charge is 0.416 e. The van der Waals surface area contributed by atoms with Gasteiger partial charge in [-0.2, -0.15) is 26.3 Å². The Morgan fingerprint density at radius 3 is 1.96 bits per heavy atom. The van der Waals surface area contributed by atoms with E-state index in [4.69, 9.17) is 0 Å². The van der Waals surface area contributed by atoms with E-state index < -0.39 is 50.3 Å². The molecule has 0 aliphatic carbocycles. The van der Waals surface area contributed by atoms with Gasteiger partial charge in [-0.3, -0.25) is 4.79 Å². The molecule has 25 heavy (non-hydrogen) atoms. The number of rotatable bonds is 3. The summed E-state index contributed by atoms with van der Waals surface area (Å²) in [5.74, 6) is -1.04. The molecule has 5 nitrogen and oxygen atoms in total. The van der Waals surface area contributed by atoms with Gasteiger partial charge < -0.3 is 5.32 Å². The highest BCUT2D eigenvalue weighted by Gasteiger charge is 2.38. The predicted molar refractivity (Wildman–Crippen MR) is 72.8 cm³/mol. The summed E-state index contributed by atoms with van der Waals surface area (Å²) in [7, 11) is -4.90. The molecule has 1 aromatic rings. The van der Waals surface area contributed by atoms with Crippen LogP contribution < -0.4 is 10.0 Å². The molecular weight excluding hydrogens is 378 g/mol. The van der Waals surface area contributed by atoms with Crippen LogP contribution in [0.4, 0.5) is 26.3 Å². The molecule has 0 bridgehead atoms. The zero-order valence-electron chi connectivity index (χ0n) is 12.3. The van der Waals surface area contributed by atoms with Crippen molar-refractivity contribution in [2.24, 2.45) is 0 Å². The standard InChI is InChI=1S/C13H12F6N2O3S/c14-12(15,16)7-4-8(13(17,18)19)6-9(5-7)25(23,24)21-11(22)10-2-1-3-20-10/h4-6,10,20H,1-3H2,(H,21,22)/t10-/m0/s1. The van der Waals surface area contributed by atoms with E-state index in [0.29, 0.717) is 19.4 Å². The van der Waals surface area contributed by atoms with Crippen molar-refractivity contribution in [2.75, 3.05) is 6.54 Å². The van der Waals surface area contributed by atoms with E-state index in [9.17, 15) is 39.6 Å². The lowest BCUT2D eigenvalue weighted by molar-refractivity contribution is -0.143. The van der Waals surface area contributed by atoms with Crippen LogP contribution in [0, 0.1) is 0 Å². The Labute approximate surface area is 138 Å². The van der Waals surface area contributed by atoms with Crippen LogP contribution in [0.15, 0.2) is 23.1 Å². The molecule has 1 aliphatic heterocycles. The molecule has 0 saturated carbocycles. The minimum atomic E-state index is -5.19. The van der Waals surface area contributed by atoms with Crippen molar-refractivity contribution in [1.29, 1.82) is 0 Å². The summed E-state index contributed by atoms with van der Waals surface area (Å²) in [5.41, 5.74) is -3.57. The predicted octanol–water partition coefficient (Wildman–Crippen LogP) is 2.28. The van der Waals surface area contributed by atoms with Gasteiger partial charge in [0.1, 0.15) is 0 Å². The summed E-state index contributed by atoms with van der Waals surface area (Å²) < 4.78 is 102. The number of alkyl halides is 6. The van der Waals surface area contributed by atoms with Crippen molar-refractivity contribution in [3.63, 3.8) is 0 Å². The molecule has 12 heteroatoms. The summed E-state index contributed by atoms with van der Waals surface area (Å²) >= 11 is 0. The fourth-order valence-corrected chi connectivity index (χ4v) is 3.34. The van der Waals surface area contributed by atoms with Gasteiger partial charge in [0.15, 0.2) is 0 Å². The Balaban J connectivity index is 2.43. The van der Waals surface area contributed by atoms with Crippen LogP contribution >= 0.6 is 0 Å². The summed E-state index contributed by atoms with van der Waals surface area (Å²) in [6, 6.07) is -0.971. The molecule has 1 aliphatic rings. The van der Waals surface area contributed by atoms with E-state index in [1.165, 1.54) is 4.72 Å². The van der Waals surface area contributed by atoms with Crippen molar-refractivity contribution in [1.82, 2.24) is 10.0 Å². The third-order valence-electron chi connectivity index (χ3n) is 3.48. The van der Waals surface area contributed by atoms with E-state index in [0.717, 1.165) is 0 Å². The van der Waals surface area contributed by atoms with E-state index in [1.54, 1.807) is 0 Å². The number of sulfonamides is 1. The maximum Gasteiger partial charge on any atom is 0.416 e. The summed E-state index contributed by atoms with van der Waals surface area (Å²) in [5, 5.41) is 2.67. The average Bonchev–Trinajstić information content (AvgIpc) is 2.98. The van der Waals surface area contributed by atoms with Crippen molar-refractivity contribution in [3.05, 3.63) is 29.3 Å². The first-order valence-corrected chi connectivity index (χ1v) is 8.38. The second kappa shape index (κ2) is 6.48. The fourth-order valence-electron chi connectivity index (χ4n) is 2.25. The molecule has 0 aromatic heterocycles. The lowest BCUT2D eigenvalue weighted by atomic mass is 10.1. The van der Waals surface area contributed by atoms with Gasteiger partial charge >= 0.3 is 12.4 Å². The van der Waals surface area contributed by atoms with Crippen LogP contribution in [0.3, 0.4) is 0 Å². The second-order valence-electron chi connectivity index (χ2n) is 5.36. The van der Waals surface area contributed by atoms with Gasteiger partial charge in [-0.05, 0) is 37.6 Å². The highest BCUT2D eigenvalue weighted by atomic mass is 32.2. The average molecular weight is 390 g/mol. The minimum Gasteiger partial charge on any atom is -0.306 e. The molecule has 2 N–H and O–H groups in total. The lowest BCUT2D eigenvalue weighted by Crippen LogP contribution is -2.43. The van der Waals surface area contributed by atoms with Gasteiger partial charge in [-0.15, -0.1) is 0 Å². The van der Waals surface area contributed by atoms with Gasteiger partial charge in [0, 0.05) is 0 Å². The number of benzene rings is 1. The molecule has 1 atom stereocenters. The SMILES string of the molecule is O=C(NS(=O)(=O)c1cc(C(F)(F)F)cc(C(F)(F)F)c1)[C@@H]1CCCN1. The summed E-state index contributed by atoms with van der Waals surface area (Å²) in [6.07, 6.45) is -9.50. The van der Waals surface area contributed by atoms with Crippen molar-refractivity contribution in [2.45, 2.75) is 36.1 Å². The van der Waals surface area contributed by atoms with Crippen LogP contribution in [0.1, 0.15) is 24.0 Å². The fraction of sp³-hybridized carbons (Fsp3) is 0.462. The zero-order valence-corrected chi connectivity index (χ0v) is 13.1. The number of halogens is 6. The molecule has 0 radical (unpaired) electrons. The molecule has 2 rings (SSSR count). The molecule has 1 amide bonds. The van der Waals surface area contributed by atoms with Gasteiger partial charge in [-0.25, -0.2) is 13.1 Å². The Hall–Kier alpha value is -1.82. The molecule has 1 heterocycles. The Kier molecular flexibility index (Phi) is 5.06. The minimum absolute atomic E-state index is 0.0485. The number of hydrogen-bond acceptors (Lipinski definition) is 4. The van der Waals surface area contributed by atoms with Crippen molar-refractivity contribution >= 4 is 15.9 Å². The molecule has 0 unspecified atom stereocenters. The third kappa shape index (κ3) is 4.63. The molecule has 1 aromatic carbocycles. The van der Waals surface area contributed by atoms with Crippen molar-refractivity contribution < 1.29 is 39.6 Å². The monoisotopic (exact) mass is 390 g/mol. The maximum atomic E-state index is 12.8. The van der Waals surface area contributed by atoms with Gasteiger partial charge in [0.05, 0.1) is 22.1 Å². The number of hydrogen-bond donors (Lipinski definition) is 2. The molecular formula is C13H12F6N2O3S. The van der Waals surface area contributed by atoms with Gasteiger partial charge in [-0.1, -0.05) is 0 Å². The highest BCUT2D eigenvalue weighted by Crippen LogP contribution is 2.37. The second-order valence-corrected chi connectivity index (χ2v) is 7.04. The topological polar surface area (TPSA) is 75.3 Å². The smallest absolute Gasteiger partial charge is 0.306 e.